The Labute approximate surface area is 105 Å². The zero-order valence-electron chi connectivity index (χ0n) is 10.1. The maximum absolute atomic E-state index is 13.4. The summed E-state index contributed by atoms with van der Waals surface area (Å²) < 4.78 is 31.5. The van der Waals surface area contributed by atoms with E-state index in [0.717, 1.165) is 25.3 Å². The summed E-state index contributed by atoms with van der Waals surface area (Å²) in [7, 11) is 0. The molecule has 2 nitrogen and oxygen atoms in total. The Morgan fingerprint density at radius 3 is 2.83 bits per heavy atom. The zero-order valence-corrected chi connectivity index (χ0v) is 10.1. The number of Topliss-reactive ketones (excluding diaryl/α,β-unsaturated/α-hetero) is 1. The number of benzene rings is 1. The van der Waals surface area contributed by atoms with E-state index in [2.05, 4.69) is 0 Å². The highest BCUT2D eigenvalue weighted by Gasteiger charge is 2.18. The number of hydrogen-bond donors (Lipinski definition) is 0. The van der Waals surface area contributed by atoms with Crippen LogP contribution < -0.4 is 0 Å². The normalized spacial score (nSPS) is 19.8. The lowest BCUT2D eigenvalue weighted by Crippen LogP contribution is -2.23. The van der Waals surface area contributed by atoms with Crippen molar-refractivity contribution in [3.63, 3.8) is 0 Å². The van der Waals surface area contributed by atoms with Crippen molar-refractivity contribution in [3.05, 3.63) is 35.4 Å². The lowest BCUT2D eigenvalue weighted by Gasteiger charge is -2.21. The van der Waals surface area contributed by atoms with Gasteiger partial charge in [0.15, 0.2) is 0 Å². The number of halogens is 2. The Hall–Kier alpha value is -1.29. The largest absolute Gasteiger partial charge is 0.378 e. The van der Waals surface area contributed by atoms with E-state index >= 15 is 0 Å². The fourth-order valence-corrected chi connectivity index (χ4v) is 2.17. The van der Waals surface area contributed by atoms with Gasteiger partial charge in [0, 0.05) is 25.5 Å². The van der Waals surface area contributed by atoms with Crippen molar-refractivity contribution in [2.75, 3.05) is 6.61 Å². The van der Waals surface area contributed by atoms with Gasteiger partial charge in [0.25, 0.3) is 0 Å². The Balaban J connectivity index is 1.90. The minimum atomic E-state index is -0.659. The Kier molecular flexibility index (Phi) is 4.42. The van der Waals surface area contributed by atoms with Crippen LogP contribution in [0.1, 0.15) is 31.2 Å². The van der Waals surface area contributed by atoms with E-state index in [4.69, 9.17) is 4.74 Å². The summed E-state index contributed by atoms with van der Waals surface area (Å²) in [6.07, 6.45) is 3.29. The number of rotatable bonds is 4. The van der Waals surface area contributed by atoms with Crippen LogP contribution >= 0.6 is 0 Å². The van der Waals surface area contributed by atoms with Crippen LogP contribution in [0.4, 0.5) is 8.78 Å². The Bertz CT molecular complexity index is 426. The van der Waals surface area contributed by atoms with Gasteiger partial charge >= 0.3 is 0 Å². The van der Waals surface area contributed by atoms with E-state index < -0.39 is 11.6 Å². The van der Waals surface area contributed by atoms with E-state index in [0.29, 0.717) is 13.0 Å². The van der Waals surface area contributed by atoms with Gasteiger partial charge in [-0.1, -0.05) is 6.07 Å². The van der Waals surface area contributed by atoms with Crippen LogP contribution in [0.3, 0.4) is 0 Å². The molecule has 0 N–H and O–H groups in total. The van der Waals surface area contributed by atoms with Crippen LogP contribution in [0.2, 0.25) is 0 Å². The van der Waals surface area contributed by atoms with E-state index in [1.165, 1.54) is 12.1 Å². The van der Waals surface area contributed by atoms with Gasteiger partial charge in [-0.2, -0.15) is 0 Å². The summed E-state index contributed by atoms with van der Waals surface area (Å²) in [6.45, 7) is 0.697. The van der Waals surface area contributed by atoms with Gasteiger partial charge in [-0.15, -0.1) is 0 Å². The van der Waals surface area contributed by atoms with Gasteiger partial charge in [-0.25, -0.2) is 8.78 Å². The maximum atomic E-state index is 13.4. The molecule has 0 aliphatic carbocycles. The summed E-state index contributed by atoms with van der Waals surface area (Å²) in [5.41, 5.74) is 0.247. The van der Waals surface area contributed by atoms with Crippen molar-refractivity contribution in [2.45, 2.75) is 38.2 Å². The standard InChI is InChI=1S/C14H16F2O2/c15-11-5-4-10(14(16)8-11)7-12(17)9-13-3-1-2-6-18-13/h4-5,8,13H,1-3,6-7,9H2. The molecule has 0 bridgehead atoms. The molecule has 1 aliphatic rings. The van der Waals surface area contributed by atoms with E-state index in [9.17, 15) is 13.6 Å². The summed E-state index contributed by atoms with van der Waals surface area (Å²) in [6, 6.07) is 3.30. The first-order valence-corrected chi connectivity index (χ1v) is 6.22. The molecular weight excluding hydrogens is 238 g/mol. The van der Waals surface area contributed by atoms with Gasteiger partial charge < -0.3 is 4.74 Å². The fraction of sp³-hybridized carbons (Fsp3) is 0.500. The molecule has 0 saturated carbocycles. The third kappa shape index (κ3) is 3.60. The van der Waals surface area contributed by atoms with Gasteiger partial charge in [0.1, 0.15) is 17.4 Å². The van der Waals surface area contributed by atoms with E-state index in [1.54, 1.807) is 0 Å². The molecule has 98 valence electrons. The summed E-state index contributed by atoms with van der Waals surface area (Å²) in [5, 5.41) is 0. The van der Waals surface area contributed by atoms with Crippen LogP contribution in [0.25, 0.3) is 0 Å². The minimum absolute atomic E-state index is 0.00593. The van der Waals surface area contributed by atoms with Gasteiger partial charge in [-0.3, -0.25) is 4.79 Å². The number of hydrogen-bond acceptors (Lipinski definition) is 2. The van der Waals surface area contributed by atoms with Crippen LogP contribution in [-0.2, 0) is 16.0 Å². The summed E-state index contributed by atoms with van der Waals surface area (Å²) >= 11 is 0. The van der Waals surface area contributed by atoms with Crippen molar-refractivity contribution in [2.24, 2.45) is 0 Å². The molecule has 0 spiro atoms. The van der Waals surface area contributed by atoms with Crippen molar-refractivity contribution < 1.29 is 18.3 Å². The molecule has 1 aromatic rings. The molecular formula is C14H16F2O2. The van der Waals surface area contributed by atoms with Crippen LogP contribution in [0.15, 0.2) is 18.2 Å². The summed E-state index contributed by atoms with van der Waals surface area (Å²) in [4.78, 5) is 11.8. The topological polar surface area (TPSA) is 26.3 Å². The molecule has 0 aromatic heterocycles. The third-order valence-electron chi connectivity index (χ3n) is 3.13. The van der Waals surface area contributed by atoms with Crippen molar-refractivity contribution in [1.29, 1.82) is 0 Å². The average molecular weight is 254 g/mol. The molecule has 1 aliphatic heterocycles. The highest BCUT2D eigenvalue weighted by molar-refractivity contribution is 5.81. The van der Waals surface area contributed by atoms with E-state index in [1.807, 2.05) is 0 Å². The number of ketones is 1. The second kappa shape index (κ2) is 6.05. The second-order valence-corrected chi connectivity index (χ2v) is 4.64. The zero-order chi connectivity index (χ0) is 13.0. The van der Waals surface area contributed by atoms with Gasteiger partial charge in [-0.05, 0) is 30.9 Å². The Morgan fingerprint density at radius 2 is 2.17 bits per heavy atom. The maximum Gasteiger partial charge on any atom is 0.139 e. The first-order chi connectivity index (χ1) is 8.65. The molecule has 18 heavy (non-hydrogen) atoms. The second-order valence-electron chi connectivity index (χ2n) is 4.64. The molecule has 1 atom stereocenters. The highest BCUT2D eigenvalue weighted by atomic mass is 19.1. The minimum Gasteiger partial charge on any atom is -0.378 e. The number of carbonyl (C=O) groups excluding carboxylic acids is 1. The highest BCUT2D eigenvalue weighted by Crippen LogP contribution is 2.17. The van der Waals surface area contributed by atoms with E-state index in [-0.39, 0.29) is 23.9 Å². The molecule has 1 heterocycles. The molecule has 0 radical (unpaired) electrons. The quantitative estimate of drug-likeness (QED) is 0.825. The number of ether oxygens (including phenoxy) is 1. The van der Waals surface area contributed by atoms with Gasteiger partial charge in [0.05, 0.1) is 6.10 Å². The first-order valence-electron chi connectivity index (χ1n) is 6.22. The molecule has 4 heteroatoms. The smallest absolute Gasteiger partial charge is 0.139 e. The fourth-order valence-electron chi connectivity index (χ4n) is 2.17. The van der Waals surface area contributed by atoms with Crippen molar-refractivity contribution in [1.82, 2.24) is 0 Å². The lowest BCUT2D eigenvalue weighted by atomic mass is 10.00. The van der Waals surface area contributed by atoms with Crippen LogP contribution in [-0.4, -0.2) is 18.5 Å². The summed E-state index contributed by atoms with van der Waals surface area (Å²) in [5.74, 6) is -1.35. The number of carbonyl (C=O) groups is 1. The lowest BCUT2D eigenvalue weighted by molar-refractivity contribution is -0.122. The average Bonchev–Trinajstić information content (AvgIpc) is 2.34. The van der Waals surface area contributed by atoms with Crippen LogP contribution in [0, 0.1) is 11.6 Å². The molecule has 1 unspecified atom stereocenters. The first kappa shape index (κ1) is 13.1. The van der Waals surface area contributed by atoms with Crippen molar-refractivity contribution in [3.8, 4) is 0 Å². The van der Waals surface area contributed by atoms with Gasteiger partial charge in [0.2, 0.25) is 0 Å². The molecule has 1 saturated heterocycles. The monoisotopic (exact) mass is 254 g/mol. The molecule has 2 rings (SSSR count). The van der Waals surface area contributed by atoms with Crippen molar-refractivity contribution >= 4 is 5.78 Å². The predicted octanol–water partition coefficient (Wildman–Crippen LogP) is 3.04. The molecule has 0 amide bonds. The Morgan fingerprint density at radius 1 is 1.33 bits per heavy atom. The predicted molar refractivity (Wildman–Crippen MR) is 63.3 cm³/mol. The third-order valence-corrected chi connectivity index (χ3v) is 3.13. The molecule has 1 fully saturated rings. The SMILES string of the molecule is O=C(Cc1ccc(F)cc1F)CC1CCCCO1. The van der Waals surface area contributed by atoms with Crippen LogP contribution in [0.5, 0.6) is 0 Å². The molecule has 1 aromatic carbocycles.